The van der Waals surface area contributed by atoms with Crippen LogP contribution in [0.4, 0.5) is 5.69 Å². The van der Waals surface area contributed by atoms with Crippen LogP contribution in [0.15, 0.2) is 72.8 Å². The molecule has 1 amide bonds. The summed E-state index contributed by atoms with van der Waals surface area (Å²) in [5.74, 6) is -0.784. The number of carbonyl (C=O) groups is 1. The van der Waals surface area contributed by atoms with Crippen LogP contribution < -0.4 is 5.32 Å². The molecule has 0 radical (unpaired) electrons. The lowest BCUT2D eigenvalue weighted by Crippen LogP contribution is -2.44. The minimum absolute atomic E-state index is 0.156. The van der Waals surface area contributed by atoms with Gasteiger partial charge in [0.1, 0.15) is 0 Å². The molecule has 1 aliphatic heterocycles. The van der Waals surface area contributed by atoms with Gasteiger partial charge in [-0.3, -0.25) is 4.79 Å². The van der Waals surface area contributed by atoms with Crippen molar-refractivity contribution in [1.82, 2.24) is 4.31 Å². The minimum Gasteiger partial charge on any atom is -0.325 e. The van der Waals surface area contributed by atoms with Crippen molar-refractivity contribution >= 4 is 44.8 Å². The standard InChI is InChI=1S/C25H24Cl2N2O3S/c26-22-13-12-18(15-23(22)27)17-33(31,32)29-14-6-9-20(16-29)25(30)28-24-11-5-4-10-21(24)19-7-2-1-3-8-19/h1-5,7-8,10-13,15,20H,6,9,14,16-17H2,(H,28,30)/t20-/m1/s1. The van der Waals surface area contributed by atoms with Crippen LogP contribution in [0.1, 0.15) is 18.4 Å². The Hall–Kier alpha value is -2.38. The maximum Gasteiger partial charge on any atom is 0.228 e. The van der Waals surface area contributed by atoms with E-state index in [9.17, 15) is 13.2 Å². The normalized spacial score (nSPS) is 17.0. The second-order valence-electron chi connectivity index (χ2n) is 8.10. The largest absolute Gasteiger partial charge is 0.325 e. The summed E-state index contributed by atoms with van der Waals surface area (Å²) < 4.78 is 27.5. The second kappa shape index (κ2) is 10.3. The Bertz CT molecular complexity index is 1250. The second-order valence-corrected chi connectivity index (χ2v) is 10.9. The molecule has 3 aromatic rings. The van der Waals surface area contributed by atoms with Crippen molar-refractivity contribution in [3.05, 3.63) is 88.4 Å². The first-order valence-electron chi connectivity index (χ1n) is 10.7. The predicted octanol–water partition coefficient (Wildman–Crippen LogP) is 5.84. The first-order valence-corrected chi connectivity index (χ1v) is 13.1. The summed E-state index contributed by atoms with van der Waals surface area (Å²) in [6.07, 6.45) is 1.26. The lowest BCUT2D eigenvalue weighted by molar-refractivity contribution is -0.120. The molecule has 4 rings (SSSR count). The van der Waals surface area contributed by atoms with Crippen LogP contribution in [-0.4, -0.2) is 31.7 Å². The molecular weight excluding hydrogens is 479 g/mol. The smallest absolute Gasteiger partial charge is 0.228 e. The van der Waals surface area contributed by atoms with Crippen molar-refractivity contribution in [2.24, 2.45) is 5.92 Å². The third-order valence-corrected chi connectivity index (χ3v) is 8.31. The number of anilines is 1. The van der Waals surface area contributed by atoms with Gasteiger partial charge in [-0.05, 0) is 42.2 Å². The van der Waals surface area contributed by atoms with Crippen LogP contribution in [0.2, 0.25) is 10.0 Å². The molecule has 0 saturated carbocycles. The molecule has 1 heterocycles. The third-order valence-electron chi connectivity index (χ3n) is 5.75. The first kappa shape index (κ1) is 23.8. The van der Waals surface area contributed by atoms with E-state index in [4.69, 9.17) is 23.2 Å². The molecule has 172 valence electrons. The SMILES string of the molecule is O=C(Nc1ccccc1-c1ccccc1)[C@@H]1CCCN(S(=O)(=O)Cc2ccc(Cl)c(Cl)c2)C1. The highest BCUT2D eigenvalue weighted by molar-refractivity contribution is 7.88. The van der Waals surface area contributed by atoms with E-state index in [2.05, 4.69) is 5.32 Å². The molecule has 1 atom stereocenters. The van der Waals surface area contributed by atoms with E-state index in [0.717, 1.165) is 11.1 Å². The van der Waals surface area contributed by atoms with Crippen LogP contribution in [-0.2, 0) is 20.6 Å². The molecule has 1 N–H and O–H groups in total. The van der Waals surface area contributed by atoms with Gasteiger partial charge in [0.15, 0.2) is 0 Å². The Morgan fingerprint density at radius 2 is 1.70 bits per heavy atom. The highest BCUT2D eigenvalue weighted by Crippen LogP contribution is 2.30. The van der Waals surface area contributed by atoms with Gasteiger partial charge in [0.2, 0.25) is 15.9 Å². The van der Waals surface area contributed by atoms with Crippen molar-refractivity contribution in [2.45, 2.75) is 18.6 Å². The molecule has 3 aromatic carbocycles. The summed E-state index contributed by atoms with van der Waals surface area (Å²) in [5.41, 5.74) is 3.20. The summed E-state index contributed by atoms with van der Waals surface area (Å²) in [6, 6.07) is 22.2. The third kappa shape index (κ3) is 5.76. The Morgan fingerprint density at radius 1 is 0.970 bits per heavy atom. The van der Waals surface area contributed by atoms with Crippen LogP contribution in [0, 0.1) is 5.92 Å². The number of amides is 1. The maximum atomic E-state index is 13.1. The average molecular weight is 503 g/mol. The number of para-hydroxylation sites is 1. The number of halogens is 2. The molecular formula is C25H24Cl2N2O3S. The number of sulfonamides is 1. The van der Waals surface area contributed by atoms with E-state index in [1.807, 2.05) is 54.6 Å². The fourth-order valence-electron chi connectivity index (χ4n) is 4.04. The zero-order valence-corrected chi connectivity index (χ0v) is 20.2. The molecule has 0 spiro atoms. The Kier molecular flexibility index (Phi) is 7.39. The molecule has 0 bridgehead atoms. The molecule has 0 unspecified atom stereocenters. The van der Waals surface area contributed by atoms with E-state index < -0.39 is 15.9 Å². The zero-order chi connectivity index (χ0) is 23.4. The van der Waals surface area contributed by atoms with Gasteiger partial charge < -0.3 is 5.32 Å². The highest BCUT2D eigenvalue weighted by atomic mass is 35.5. The van der Waals surface area contributed by atoms with Gasteiger partial charge in [-0.1, -0.05) is 77.8 Å². The van der Waals surface area contributed by atoms with Gasteiger partial charge in [0.05, 0.1) is 21.7 Å². The maximum absolute atomic E-state index is 13.1. The molecule has 5 nitrogen and oxygen atoms in total. The van der Waals surface area contributed by atoms with Crippen molar-refractivity contribution in [3.8, 4) is 11.1 Å². The molecule has 0 aromatic heterocycles. The lowest BCUT2D eigenvalue weighted by atomic mass is 9.98. The predicted molar refractivity (Wildman–Crippen MR) is 134 cm³/mol. The summed E-state index contributed by atoms with van der Waals surface area (Å²) in [5, 5.41) is 3.72. The van der Waals surface area contributed by atoms with Crippen molar-refractivity contribution in [2.75, 3.05) is 18.4 Å². The Labute approximate surface area is 204 Å². The zero-order valence-electron chi connectivity index (χ0n) is 17.9. The average Bonchev–Trinajstić information content (AvgIpc) is 2.82. The molecule has 0 aliphatic carbocycles. The summed E-state index contributed by atoms with van der Waals surface area (Å²) in [6.45, 7) is 0.553. The summed E-state index contributed by atoms with van der Waals surface area (Å²) >= 11 is 12.0. The molecule has 33 heavy (non-hydrogen) atoms. The molecule has 1 aliphatic rings. The number of benzene rings is 3. The van der Waals surface area contributed by atoms with E-state index in [0.29, 0.717) is 40.7 Å². The number of hydrogen-bond acceptors (Lipinski definition) is 3. The van der Waals surface area contributed by atoms with Gasteiger partial charge in [0, 0.05) is 24.3 Å². The Morgan fingerprint density at radius 3 is 2.45 bits per heavy atom. The van der Waals surface area contributed by atoms with Gasteiger partial charge in [0.25, 0.3) is 0 Å². The fourth-order valence-corrected chi connectivity index (χ4v) is 5.96. The van der Waals surface area contributed by atoms with Crippen molar-refractivity contribution in [3.63, 3.8) is 0 Å². The Balaban J connectivity index is 1.46. The quantitative estimate of drug-likeness (QED) is 0.460. The monoisotopic (exact) mass is 502 g/mol. The number of piperidine rings is 1. The lowest BCUT2D eigenvalue weighted by Gasteiger charge is -2.31. The van der Waals surface area contributed by atoms with Gasteiger partial charge in [-0.15, -0.1) is 0 Å². The molecule has 1 fully saturated rings. The summed E-state index contributed by atoms with van der Waals surface area (Å²) in [7, 11) is -3.60. The number of nitrogens with zero attached hydrogens (tertiary/aromatic N) is 1. The van der Waals surface area contributed by atoms with E-state index >= 15 is 0 Å². The van der Waals surface area contributed by atoms with Crippen molar-refractivity contribution < 1.29 is 13.2 Å². The van der Waals surface area contributed by atoms with Gasteiger partial charge in [-0.2, -0.15) is 0 Å². The number of rotatable bonds is 6. The van der Waals surface area contributed by atoms with Gasteiger partial charge >= 0.3 is 0 Å². The molecule has 8 heteroatoms. The van der Waals surface area contributed by atoms with E-state index in [-0.39, 0.29) is 18.2 Å². The van der Waals surface area contributed by atoms with Crippen LogP contribution in [0.5, 0.6) is 0 Å². The highest BCUT2D eigenvalue weighted by Gasteiger charge is 2.32. The van der Waals surface area contributed by atoms with Gasteiger partial charge in [-0.25, -0.2) is 12.7 Å². The topological polar surface area (TPSA) is 66.5 Å². The number of nitrogens with one attached hydrogen (secondary N) is 1. The minimum atomic E-state index is -3.60. The molecule has 1 saturated heterocycles. The van der Waals surface area contributed by atoms with Crippen LogP contribution >= 0.6 is 23.2 Å². The summed E-state index contributed by atoms with van der Waals surface area (Å²) in [4.78, 5) is 13.1. The number of hydrogen-bond donors (Lipinski definition) is 1. The first-order chi connectivity index (χ1) is 15.8. The van der Waals surface area contributed by atoms with Crippen molar-refractivity contribution in [1.29, 1.82) is 0 Å². The van der Waals surface area contributed by atoms with E-state index in [1.165, 1.54) is 4.31 Å². The van der Waals surface area contributed by atoms with Crippen LogP contribution in [0.25, 0.3) is 11.1 Å². The van der Waals surface area contributed by atoms with E-state index in [1.54, 1.807) is 18.2 Å². The fraction of sp³-hybridized carbons (Fsp3) is 0.240. The van der Waals surface area contributed by atoms with Crippen LogP contribution in [0.3, 0.4) is 0 Å². The number of carbonyl (C=O) groups excluding carboxylic acids is 1.